The van der Waals surface area contributed by atoms with Crippen LogP contribution >= 0.6 is 0 Å². The third-order valence-electron chi connectivity index (χ3n) is 5.60. The number of aliphatic hydroxyl groups excluding tert-OH is 2. The van der Waals surface area contributed by atoms with Gasteiger partial charge in [0.05, 0.1) is 36.6 Å². The van der Waals surface area contributed by atoms with Crippen molar-refractivity contribution >= 4 is 22.9 Å². The fourth-order valence-corrected chi connectivity index (χ4v) is 3.92. The first-order valence-electron chi connectivity index (χ1n) is 9.48. The van der Waals surface area contributed by atoms with Crippen molar-refractivity contribution in [2.75, 3.05) is 18.9 Å². The molecule has 14 heteroatoms. The van der Waals surface area contributed by atoms with E-state index in [0.29, 0.717) is 0 Å². The lowest BCUT2D eigenvalue weighted by Gasteiger charge is -2.26. The summed E-state index contributed by atoms with van der Waals surface area (Å²) in [6.45, 7) is 0.904. The van der Waals surface area contributed by atoms with Crippen LogP contribution in [0.5, 0.6) is 0 Å². The van der Waals surface area contributed by atoms with Crippen molar-refractivity contribution in [2.24, 2.45) is 5.41 Å². The Morgan fingerprint density at radius 1 is 1.42 bits per heavy atom. The number of fused-ring (bicyclic) bond motifs is 1. The summed E-state index contributed by atoms with van der Waals surface area (Å²) in [5.74, 6) is -0.255. The zero-order valence-electron chi connectivity index (χ0n) is 16.6. The molecule has 31 heavy (non-hydrogen) atoms. The minimum Gasteiger partial charge on any atom is -0.389 e. The van der Waals surface area contributed by atoms with E-state index >= 15 is 0 Å². The molecule has 1 fully saturated rings. The van der Waals surface area contributed by atoms with Gasteiger partial charge >= 0.3 is 0 Å². The van der Waals surface area contributed by atoms with Gasteiger partial charge in [-0.25, -0.2) is 23.7 Å². The topological polar surface area (TPSA) is 167 Å². The number of aliphatic hydroxyl groups is 2. The van der Waals surface area contributed by atoms with Gasteiger partial charge in [0.2, 0.25) is 5.91 Å². The number of imidazole rings is 1. The Balaban J connectivity index is 1.81. The molecule has 0 unspecified atom stereocenters. The van der Waals surface area contributed by atoms with Crippen LogP contribution < -0.4 is 10.6 Å². The number of halogens is 2. The minimum atomic E-state index is -2.62. The van der Waals surface area contributed by atoms with Crippen molar-refractivity contribution in [1.29, 1.82) is 0 Å². The molecule has 3 heterocycles. The van der Waals surface area contributed by atoms with Crippen LogP contribution in [0.4, 0.5) is 14.6 Å². The van der Waals surface area contributed by atoms with Gasteiger partial charge in [-0.3, -0.25) is 9.89 Å². The number of carbonyl (C=O) groups is 1. The summed E-state index contributed by atoms with van der Waals surface area (Å²) in [4.78, 5) is 25.2. The number of H-pyrrole nitrogens is 1. The number of alkyl halides is 2. The first kappa shape index (κ1) is 21.0. The van der Waals surface area contributed by atoms with Gasteiger partial charge < -0.3 is 25.4 Å². The lowest BCUT2D eigenvalue weighted by Crippen LogP contribution is -2.45. The quantitative estimate of drug-likeness (QED) is 0.348. The van der Waals surface area contributed by atoms with Gasteiger partial charge in [0.15, 0.2) is 17.3 Å². The average Bonchev–Trinajstić information content (AvgIpc) is 3.47. The summed E-state index contributed by atoms with van der Waals surface area (Å²) < 4.78 is 27.1. The number of anilines is 1. The number of nitrogens with zero attached hydrogens (tertiary/aromatic N) is 6. The van der Waals surface area contributed by atoms with Crippen LogP contribution in [0.15, 0.2) is 12.5 Å². The molecule has 12 nitrogen and oxygen atoms in total. The first-order chi connectivity index (χ1) is 14.8. The van der Waals surface area contributed by atoms with Crippen LogP contribution in [0.2, 0.25) is 0 Å². The Hall–Kier alpha value is -3.26. The predicted octanol–water partition coefficient (Wildman–Crippen LogP) is -0.293. The summed E-state index contributed by atoms with van der Waals surface area (Å²) in [5.41, 5.74) is -0.545. The van der Waals surface area contributed by atoms with Gasteiger partial charge in [-0.1, -0.05) is 5.21 Å². The molecule has 0 aromatic carbocycles. The van der Waals surface area contributed by atoms with Crippen molar-refractivity contribution in [3.05, 3.63) is 12.5 Å². The number of carbonyl (C=O) groups excluding carboxylic acids is 1. The van der Waals surface area contributed by atoms with E-state index in [-0.39, 0.29) is 34.9 Å². The van der Waals surface area contributed by atoms with Crippen LogP contribution in [0.3, 0.4) is 0 Å². The van der Waals surface area contributed by atoms with E-state index in [1.165, 1.54) is 24.1 Å². The van der Waals surface area contributed by atoms with Crippen LogP contribution in [0.1, 0.15) is 19.4 Å². The minimum absolute atomic E-state index is 0.0594. The molecule has 4 rings (SSSR count). The Morgan fingerprint density at radius 3 is 2.84 bits per heavy atom. The third kappa shape index (κ3) is 3.46. The molecule has 4 atom stereocenters. The zero-order valence-corrected chi connectivity index (χ0v) is 16.6. The van der Waals surface area contributed by atoms with E-state index in [0.717, 1.165) is 0 Å². The molecule has 1 amide bonds. The van der Waals surface area contributed by atoms with Crippen LogP contribution in [0.25, 0.3) is 22.7 Å². The summed E-state index contributed by atoms with van der Waals surface area (Å²) in [5, 5.41) is 36.3. The van der Waals surface area contributed by atoms with E-state index in [9.17, 15) is 23.8 Å². The molecular formula is C17H21F2N9O3. The molecule has 3 aromatic heterocycles. The van der Waals surface area contributed by atoms with Crippen LogP contribution in [-0.2, 0) is 4.79 Å². The number of hydrogen-bond acceptors (Lipinski definition) is 9. The second kappa shape index (κ2) is 7.77. The molecular weight excluding hydrogens is 416 g/mol. The lowest BCUT2D eigenvalue weighted by molar-refractivity contribution is -0.136. The third-order valence-corrected chi connectivity index (χ3v) is 5.60. The van der Waals surface area contributed by atoms with Gasteiger partial charge in [0.25, 0.3) is 6.43 Å². The van der Waals surface area contributed by atoms with Crippen molar-refractivity contribution in [3.8, 4) is 11.5 Å². The van der Waals surface area contributed by atoms with E-state index in [1.54, 1.807) is 6.92 Å². The van der Waals surface area contributed by atoms with Crippen LogP contribution in [0, 0.1) is 5.41 Å². The fraction of sp³-hybridized carbons (Fsp3) is 0.529. The second-order valence-electron chi connectivity index (χ2n) is 7.55. The molecule has 1 aliphatic carbocycles. The van der Waals surface area contributed by atoms with Gasteiger partial charge in [-0.05, 0) is 13.3 Å². The largest absolute Gasteiger partial charge is 0.389 e. The fourth-order valence-electron chi connectivity index (χ4n) is 3.92. The molecule has 166 valence electrons. The second-order valence-corrected chi connectivity index (χ2v) is 7.55. The number of amides is 1. The van der Waals surface area contributed by atoms with E-state index in [1.807, 2.05) is 0 Å². The highest BCUT2D eigenvalue weighted by Crippen LogP contribution is 2.45. The smallest absolute Gasteiger partial charge is 0.255 e. The van der Waals surface area contributed by atoms with Crippen molar-refractivity contribution in [1.82, 2.24) is 40.2 Å². The summed E-state index contributed by atoms with van der Waals surface area (Å²) >= 11 is 0. The molecule has 1 aliphatic rings. The predicted molar refractivity (Wildman–Crippen MR) is 103 cm³/mol. The maximum atomic E-state index is 12.8. The Bertz CT molecular complexity index is 1090. The van der Waals surface area contributed by atoms with Gasteiger partial charge in [-0.2, -0.15) is 0 Å². The normalized spacial score (nSPS) is 26.0. The summed E-state index contributed by atoms with van der Waals surface area (Å²) in [6.07, 6.45) is -2.33. The molecule has 3 aromatic rings. The first-order valence-corrected chi connectivity index (χ1v) is 9.48. The van der Waals surface area contributed by atoms with Crippen molar-refractivity contribution in [3.63, 3.8) is 0 Å². The molecule has 1 saturated carbocycles. The Labute approximate surface area is 174 Å². The number of rotatable bonds is 6. The average molecular weight is 437 g/mol. The number of aromatic nitrogens is 7. The molecule has 0 spiro atoms. The summed E-state index contributed by atoms with van der Waals surface area (Å²) in [7, 11) is 1.45. The summed E-state index contributed by atoms with van der Waals surface area (Å²) in [6, 6.07) is -0.745. The SMILES string of the molecule is CNC(=O)[C@@]1(C)C[C@@H](n2cnc3c(NCC(F)F)nc(-c4c[nH]nn4)nc32)[C@H](O)[C@@H]1O. The molecule has 0 aliphatic heterocycles. The van der Waals surface area contributed by atoms with Gasteiger partial charge in [0, 0.05) is 7.05 Å². The van der Waals surface area contributed by atoms with E-state index in [4.69, 9.17) is 0 Å². The zero-order chi connectivity index (χ0) is 22.3. The highest BCUT2D eigenvalue weighted by Gasteiger charge is 2.54. The molecule has 0 saturated heterocycles. The van der Waals surface area contributed by atoms with E-state index in [2.05, 4.69) is 41.0 Å². The number of nitrogens with one attached hydrogen (secondary N) is 3. The van der Waals surface area contributed by atoms with Gasteiger partial charge in [0.1, 0.15) is 17.3 Å². The number of hydrogen-bond donors (Lipinski definition) is 5. The highest BCUT2D eigenvalue weighted by molar-refractivity contribution is 5.85. The van der Waals surface area contributed by atoms with Crippen molar-refractivity contribution in [2.45, 2.75) is 38.0 Å². The Kier molecular flexibility index (Phi) is 5.26. The number of aromatic amines is 1. The standard InChI is InChI=1S/C17H21F2N9O3/c1-17(16(31)20-2)3-8(11(29)12(17)30)28-6-22-10-14(21-5-9(18)19)24-13(25-15(10)28)7-4-23-27-26-7/h4,6,8-9,11-12,29-30H,3,5H2,1-2H3,(H,20,31)(H,21,24,25)(H,23,26,27)/t8-,11+,12+,17+/m1/s1. The maximum absolute atomic E-state index is 12.8. The molecule has 0 radical (unpaired) electrons. The molecule has 0 bridgehead atoms. The maximum Gasteiger partial charge on any atom is 0.255 e. The van der Waals surface area contributed by atoms with Crippen molar-refractivity contribution < 1.29 is 23.8 Å². The monoisotopic (exact) mass is 437 g/mol. The Morgan fingerprint density at radius 2 is 2.19 bits per heavy atom. The van der Waals surface area contributed by atoms with Crippen LogP contribution in [-0.4, -0.2) is 83.3 Å². The lowest BCUT2D eigenvalue weighted by atomic mass is 9.85. The highest BCUT2D eigenvalue weighted by atomic mass is 19.3. The molecule has 5 N–H and O–H groups in total. The van der Waals surface area contributed by atoms with E-state index < -0.39 is 42.5 Å². The van der Waals surface area contributed by atoms with Gasteiger partial charge in [-0.15, -0.1) is 5.10 Å².